The number of nitrogens with zero attached hydrogens (tertiary/aromatic N) is 2. The number of hydrogen-bond acceptors (Lipinski definition) is 5. The lowest BCUT2D eigenvalue weighted by molar-refractivity contribution is -0.140. The third-order valence-corrected chi connectivity index (χ3v) is 5.91. The first-order valence-corrected chi connectivity index (χ1v) is 9.90. The molecule has 6 nitrogen and oxygen atoms in total. The second-order valence-electron chi connectivity index (χ2n) is 7.06. The van der Waals surface area contributed by atoms with Gasteiger partial charge in [-0.2, -0.15) is 0 Å². The molecule has 1 atom stereocenters. The van der Waals surface area contributed by atoms with Crippen molar-refractivity contribution < 1.29 is 14.7 Å². The molecule has 0 radical (unpaired) electrons. The maximum absolute atomic E-state index is 12.9. The Morgan fingerprint density at radius 1 is 1.21 bits per heavy atom. The Balaban J connectivity index is 1.86. The van der Waals surface area contributed by atoms with Crippen LogP contribution in [0.25, 0.3) is 16.7 Å². The minimum Gasteiger partial charge on any atom is -0.507 e. The molecule has 0 bridgehead atoms. The Bertz CT molecular complexity index is 1070. The first-order chi connectivity index (χ1) is 13.5. The van der Waals surface area contributed by atoms with Crippen LogP contribution in [0.5, 0.6) is 0 Å². The highest BCUT2D eigenvalue weighted by Crippen LogP contribution is 2.41. The number of aliphatic hydroxyl groups is 1. The standard InChI is InChI=1S/C21H21N3O3S/c1-23(2)9-10-24-18(16-8-5-11-28-16)17(20(26)21(24)27)19(25)14-12-22-15-7-4-3-6-13(14)15/h3-8,11-12,18,22,25H,9-10H2,1-2H3/t18-/m0/s1. The van der Waals surface area contributed by atoms with Gasteiger partial charge >= 0.3 is 0 Å². The number of aromatic amines is 1. The predicted octanol–water partition coefficient (Wildman–Crippen LogP) is 3.21. The lowest BCUT2D eigenvalue weighted by Gasteiger charge is -2.25. The molecule has 1 saturated heterocycles. The summed E-state index contributed by atoms with van der Waals surface area (Å²) in [5, 5.41) is 13.8. The van der Waals surface area contributed by atoms with Crippen LogP contribution in [0.4, 0.5) is 0 Å². The maximum atomic E-state index is 12.9. The molecule has 2 N–H and O–H groups in total. The lowest BCUT2D eigenvalue weighted by Crippen LogP contribution is -2.35. The number of para-hydroxylation sites is 1. The number of amides is 1. The summed E-state index contributed by atoms with van der Waals surface area (Å²) in [4.78, 5) is 33.2. The van der Waals surface area contributed by atoms with Gasteiger partial charge in [0.25, 0.3) is 11.7 Å². The molecule has 28 heavy (non-hydrogen) atoms. The fraction of sp³-hybridized carbons (Fsp3) is 0.238. The number of aromatic nitrogens is 1. The SMILES string of the molecule is CN(C)CCN1C(=O)C(=O)C(=C(O)c2c[nH]c3ccccc23)[C@@H]1c1cccs1. The van der Waals surface area contributed by atoms with Crippen LogP contribution in [0.1, 0.15) is 16.5 Å². The minimum absolute atomic E-state index is 0.137. The second kappa shape index (κ2) is 7.26. The molecule has 1 aromatic carbocycles. The first kappa shape index (κ1) is 18.5. The highest BCUT2D eigenvalue weighted by atomic mass is 32.1. The number of rotatable bonds is 5. The van der Waals surface area contributed by atoms with Crippen LogP contribution in [0.15, 0.2) is 53.5 Å². The zero-order valence-corrected chi connectivity index (χ0v) is 16.5. The van der Waals surface area contributed by atoms with Gasteiger partial charge < -0.3 is 19.9 Å². The van der Waals surface area contributed by atoms with E-state index in [2.05, 4.69) is 4.98 Å². The summed E-state index contributed by atoms with van der Waals surface area (Å²) in [6, 6.07) is 10.8. The van der Waals surface area contributed by atoms with E-state index in [9.17, 15) is 14.7 Å². The summed E-state index contributed by atoms with van der Waals surface area (Å²) in [6.07, 6.45) is 1.68. The molecule has 0 spiro atoms. The van der Waals surface area contributed by atoms with Crippen LogP contribution in [0.3, 0.4) is 0 Å². The number of nitrogens with one attached hydrogen (secondary N) is 1. The van der Waals surface area contributed by atoms with Gasteiger partial charge in [-0.3, -0.25) is 9.59 Å². The largest absolute Gasteiger partial charge is 0.507 e. The number of likely N-dealkylation sites (tertiary alicyclic amines) is 1. The van der Waals surface area contributed by atoms with Gasteiger partial charge in [-0.05, 0) is 31.6 Å². The Labute approximate surface area is 166 Å². The quantitative estimate of drug-likeness (QED) is 0.395. The average molecular weight is 395 g/mol. The van der Waals surface area contributed by atoms with Crippen LogP contribution in [0, 0.1) is 0 Å². The third kappa shape index (κ3) is 3.02. The van der Waals surface area contributed by atoms with E-state index in [0.29, 0.717) is 18.7 Å². The fourth-order valence-electron chi connectivity index (χ4n) is 3.57. The first-order valence-electron chi connectivity index (χ1n) is 9.02. The Morgan fingerprint density at radius 3 is 2.71 bits per heavy atom. The fourth-order valence-corrected chi connectivity index (χ4v) is 4.42. The zero-order valence-electron chi connectivity index (χ0n) is 15.7. The number of fused-ring (bicyclic) bond motifs is 1. The molecule has 3 aromatic rings. The number of benzene rings is 1. The van der Waals surface area contributed by atoms with Crippen molar-refractivity contribution in [2.75, 3.05) is 27.2 Å². The summed E-state index contributed by atoms with van der Waals surface area (Å²) in [6.45, 7) is 1.03. The van der Waals surface area contributed by atoms with Gasteiger partial charge in [0.2, 0.25) is 0 Å². The van der Waals surface area contributed by atoms with Crippen molar-refractivity contribution in [3.8, 4) is 0 Å². The van der Waals surface area contributed by atoms with Gasteiger partial charge in [-0.25, -0.2) is 0 Å². The summed E-state index contributed by atoms with van der Waals surface area (Å²) in [5.74, 6) is -1.34. The number of Topliss-reactive ketones (excluding diaryl/α,β-unsaturated/α-hetero) is 1. The molecule has 144 valence electrons. The Kier molecular flexibility index (Phi) is 4.78. The lowest BCUT2D eigenvalue weighted by atomic mass is 9.99. The van der Waals surface area contributed by atoms with Crippen LogP contribution in [-0.4, -0.2) is 58.8 Å². The van der Waals surface area contributed by atoms with Crippen molar-refractivity contribution in [1.29, 1.82) is 0 Å². The molecule has 1 fully saturated rings. The van der Waals surface area contributed by atoms with Gasteiger partial charge in [0.1, 0.15) is 5.76 Å². The summed E-state index contributed by atoms with van der Waals surface area (Å²) in [5.41, 5.74) is 1.54. The van der Waals surface area contributed by atoms with Crippen molar-refractivity contribution in [1.82, 2.24) is 14.8 Å². The molecule has 0 aliphatic carbocycles. The number of ketones is 1. The van der Waals surface area contributed by atoms with Crippen LogP contribution in [0.2, 0.25) is 0 Å². The van der Waals surface area contributed by atoms with Gasteiger partial charge in [-0.1, -0.05) is 24.3 Å². The maximum Gasteiger partial charge on any atom is 0.295 e. The number of H-pyrrole nitrogens is 1. The number of carbonyl (C=O) groups excluding carboxylic acids is 2. The monoisotopic (exact) mass is 395 g/mol. The van der Waals surface area contributed by atoms with E-state index in [0.717, 1.165) is 15.8 Å². The van der Waals surface area contributed by atoms with Gasteiger partial charge in [-0.15, -0.1) is 11.3 Å². The number of hydrogen-bond donors (Lipinski definition) is 2. The van der Waals surface area contributed by atoms with Crippen LogP contribution >= 0.6 is 11.3 Å². The Hall–Kier alpha value is -2.90. The molecule has 7 heteroatoms. The summed E-state index contributed by atoms with van der Waals surface area (Å²) in [7, 11) is 3.84. The van der Waals surface area contributed by atoms with Gasteiger partial charge in [0.15, 0.2) is 0 Å². The van der Waals surface area contributed by atoms with Crippen molar-refractivity contribution in [2.24, 2.45) is 0 Å². The molecule has 1 amide bonds. The third-order valence-electron chi connectivity index (χ3n) is 4.99. The number of carbonyl (C=O) groups is 2. The van der Waals surface area contributed by atoms with Crippen molar-refractivity contribution in [3.63, 3.8) is 0 Å². The van der Waals surface area contributed by atoms with E-state index < -0.39 is 17.7 Å². The summed E-state index contributed by atoms with van der Waals surface area (Å²) < 4.78 is 0. The topological polar surface area (TPSA) is 76.6 Å². The van der Waals surface area contributed by atoms with E-state index in [1.807, 2.05) is 60.8 Å². The number of likely N-dealkylation sites (N-methyl/N-ethyl adjacent to an activating group) is 1. The highest BCUT2D eigenvalue weighted by molar-refractivity contribution is 7.10. The van der Waals surface area contributed by atoms with E-state index >= 15 is 0 Å². The normalized spacial score (nSPS) is 19.2. The van der Waals surface area contributed by atoms with Crippen LogP contribution < -0.4 is 0 Å². The van der Waals surface area contributed by atoms with Crippen molar-refractivity contribution in [3.05, 3.63) is 64.0 Å². The van der Waals surface area contributed by atoms with E-state index in [1.54, 1.807) is 11.1 Å². The molecule has 1 aliphatic rings. The summed E-state index contributed by atoms with van der Waals surface area (Å²) >= 11 is 1.47. The van der Waals surface area contributed by atoms with Gasteiger partial charge in [0.05, 0.1) is 11.6 Å². The molecule has 4 rings (SSSR count). The molecule has 0 unspecified atom stereocenters. The van der Waals surface area contributed by atoms with Crippen molar-refractivity contribution >= 4 is 39.7 Å². The Morgan fingerprint density at radius 2 is 2.00 bits per heavy atom. The number of thiophene rings is 1. The number of aliphatic hydroxyl groups excluding tert-OH is 1. The molecule has 1 aliphatic heterocycles. The predicted molar refractivity (Wildman–Crippen MR) is 110 cm³/mol. The molecule has 0 saturated carbocycles. The average Bonchev–Trinajstić information content (AvgIpc) is 3.39. The van der Waals surface area contributed by atoms with E-state index in [-0.39, 0.29) is 11.3 Å². The molecule has 2 aromatic heterocycles. The second-order valence-corrected chi connectivity index (χ2v) is 8.04. The molecular formula is C21H21N3O3S. The smallest absolute Gasteiger partial charge is 0.295 e. The molecular weight excluding hydrogens is 374 g/mol. The van der Waals surface area contributed by atoms with Crippen molar-refractivity contribution in [2.45, 2.75) is 6.04 Å². The van der Waals surface area contributed by atoms with E-state index in [1.165, 1.54) is 11.3 Å². The zero-order chi connectivity index (χ0) is 19.8. The van der Waals surface area contributed by atoms with Gasteiger partial charge in [0, 0.05) is 40.6 Å². The van der Waals surface area contributed by atoms with E-state index in [4.69, 9.17) is 0 Å². The molecule has 3 heterocycles. The minimum atomic E-state index is -0.639. The highest BCUT2D eigenvalue weighted by Gasteiger charge is 2.46. The van der Waals surface area contributed by atoms with Crippen LogP contribution in [-0.2, 0) is 9.59 Å².